The van der Waals surface area contributed by atoms with E-state index in [0.717, 1.165) is 71.0 Å². The zero-order valence-corrected chi connectivity index (χ0v) is 86.9. The molecule has 6 saturated carbocycles. The van der Waals surface area contributed by atoms with E-state index in [1.165, 1.54) is 574 Å². The van der Waals surface area contributed by atoms with Crippen molar-refractivity contribution in [1.82, 2.24) is 0 Å². The Labute approximate surface area is 780 Å². The van der Waals surface area contributed by atoms with Crippen molar-refractivity contribution in [3.63, 3.8) is 0 Å². The topological polar surface area (TPSA) is 0 Å². The lowest BCUT2D eigenvalue weighted by molar-refractivity contribution is 0.274. The van der Waals surface area contributed by atoms with Gasteiger partial charge in [0.1, 0.15) is 0 Å². The van der Waals surface area contributed by atoms with E-state index < -0.39 is 0 Å². The van der Waals surface area contributed by atoms with Crippen LogP contribution in [0.4, 0.5) is 0 Å². The summed E-state index contributed by atoms with van der Waals surface area (Å²) in [6.45, 7) is 14.2. The van der Waals surface area contributed by atoms with Crippen molar-refractivity contribution in [2.45, 2.75) is 610 Å². The van der Waals surface area contributed by atoms with E-state index in [2.05, 4.69) is 112 Å². The molecule has 0 atom stereocenters. The lowest BCUT2D eigenvalue weighted by Gasteiger charge is -2.33. The number of hydrogen-bond acceptors (Lipinski definition) is 6. The molecule has 0 heterocycles. The highest BCUT2D eigenvalue weighted by Gasteiger charge is 2.35. The Balaban J connectivity index is 1.19. The van der Waals surface area contributed by atoms with Crippen molar-refractivity contribution in [1.29, 1.82) is 0 Å². The molecule has 1 aromatic carbocycles. The molecule has 0 nitrogen and oxygen atoms in total. The highest BCUT2D eigenvalue weighted by molar-refractivity contribution is 8.06. The molecule has 0 aliphatic heterocycles. The largest absolute Gasteiger partial charge is 0.123 e. The Hall–Kier alpha value is 1.32. The van der Waals surface area contributed by atoms with Gasteiger partial charge in [-0.1, -0.05) is 504 Å². The Morgan fingerprint density at radius 2 is 0.217 bits per heavy atom. The van der Waals surface area contributed by atoms with Gasteiger partial charge in [0.2, 0.25) is 0 Å². The van der Waals surface area contributed by atoms with E-state index in [1.807, 2.05) is 29.4 Å². The number of thioether (sulfide) groups is 6. The summed E-state index contributed by atoms with van der Waals surface area (Å²) in [5.74, 6) is 19.4. The van der Waals surface area contributed by atoms with E-state index in [0.29, 0.717) is 0 Å². The standard InChI is InChI=1S/C114H210S6/c1-7-13-19-25-31-37-43-49-55-61-97-67-79-103(80-68-97)91-115-109-110(116-92-104-81-69-98(70-82-104)62-56-50-44-38-32-26-20-14-8-2)112(118-94-106-85-73-100(74-86-106)64-58-52-46-40-34-28-22-16-10-4)114(120-96-108-89-77-102(78-90-108)66-60-54-48-42-36-30-24-18-12-6)113(119-95-107-87-75-101(76-88-107)65-59-53-47-41-35-29-23-17-11-5)111(109)117-93-105-83-71-99(72-84-105)63-57-51-45-39-33-27-21-15-9-3/h97-108H,7-96H2,1-6H3. The van der Waals surface area contributed by atoms with Gasteiger partial charge in [-0.15, -0.1) is 70.6 Å². The van der Waals surface area contributed by atoms with Crippen LogP contribution in [0.15, 0.2) is 29.4 Å². The van der Waals surface area contributed by atoms with Crippen LogP contribution in [0.2, 0.25) is 0 Å². The van der Waals surface area contributed by atoms with Gasteiger partial charge in [-0.2, -0.15) is 0 Å². The molecule has 0 unspecified atom stereocenters. The average molecular weight is 1770 g/mol. The maximum Gasteiger partial charge on any atom is 0.0368 e. The number of rotatable bonds is 78. The maximum absolute atomic E-state index is 2.50. The third kappa shape index (κ3) is 50.8. The van der Waals surface area contributed by atoms with Crippen LogP contribution in [-0.2, 0) is 0 Å². The highest BCUT2D eigenvalue weighted by Crippen LogP contribution is 2.58. The van der Waals surface area contributed by atoms with Crippen LogP contribution in [0.1, 0.15) is 581 Å². The van der Waals surface area contributed by atoms with Crippen molar-refractivity contribution >= 4 is 70.6 Å². The fraction of sp³-hybridized carbons (Fsp3) is 0.947. The molecule has 0 saturated heterocycles. The third-order valence-corrected chi connectivity index (χ3v) is 40.9. The van der Waals surface area contributed by atoms with Gasteiger partial charge in [-0.05, 0) is 148 Å². The SMILES string of the molecule is CCCCCCCCCCCC1CCC(CSc2c(SCC3CCC(CCCCCCCCCCC)CC3)c(SCC3CCC(CCCCCCCCCCC)CC3)c(SCC3CCC(CCCCCCCCCCC)CC3)c(SCC3CCC(CCCCCCCCCCC)CC3)c2SCC2CCC(CCCCCCCCCCC)CC2)CC1. The minimum absolute atomic E-state index is 0.875. The summed E-state index contributed by atoms with van der Waals surface area (Å²) in [4.78, 5) is 11.2. The van der Waals surface area contributed by atoms with Crippen molar-refractivity contribution in [3.05, 3.63) is 0 Å². The first-order valence-corrected chi connectivity index (χ1v) is 62.3. The average Bonchev–Trinajstić information content (AvgIpc) is 0.761. The number of benzene rings is 1. The minimum atomic E-state index is 0.875. The van der Waals surface area contributed by atoms with Gasteiger partial charge in [0, 0.05) is 63.9 Å². The summed E-state index contributed by atoms with van der Waals surface area (Å²) in [5, 5.41) is 0. The van der Waals surface area contributed by atoms with Crippen molar-refractivity contribution in [2.24, 2.45) is 71.0 Å². The lowest BCUT2D eigenvalue weighted by Crippen LogP contribution is -2.18. The second kappa shape index (κ2) is 74.8. The van der Waals surface area contributed by atoms with Gasteiger partial charge in [0.15, 0.2) is 0 Å². The summed E-state index contributed by atoms with van der Waals surface area (Å²) >= 11 is 15.0. The van der Waals surface area contributed by atoms with Gasteiger partial charge in [0.25, 0.3) is 0 Å². The maximum atomic E-state index is 2.50. The fourth-order valence-corrected chi connectivity index (χ4v) is 32.9. The molecule has 0 spiro atoms. The first-order chi connectivity index (χ1) is 59.4. The molecule has 0 radical (unpaired) electrons. The van der Waals surface area contributed by atoms with Crippen molar-refractivity contribution < 1.29 is 0 Å². The quantitative estimate of drug-likeness (QED) is 0.0468. The van der Waals surface area contributed by atoms with Crippen LogP contribution in [0.3, 0.4) is 0 Å². The van der Waals surface area contributed by atoms with Crippen LogP contribution in [-0.4, -0.2) is 34.5 Å². The molecule has 702 valence electrons. The summed E-state index contributed by atoms with van der Waals surface area (Å²) in [6, 6.07) is 0. The van der Waals surface area contributed by atoms with Crippen LogP contribution < -0.4 is 0 Å². The molecule has 6 fully saturated rings. The summed E-state index contributed by atoms with van der Waals surface area (Å²) in [6.07, 6.45) is 124. The predicted molar refractivity (Wildman–Crippen MR) is 555 cm³/mol. The molecule has 6 aliphatic rings. The van der Waals surface area contributed by atoms with E-state index in [1.54, 1.807) is 0 Å². The Bertz CT molecular complexity index is 1960. The van der Waals surface area contributed by atoms with Crippen molar-refractivity contribution in [2.75, 3.05) is 34.5 Å². The van der Waals surface area contributed by atoms with Gasteiger partial charge in [0.05, 0.1) is 0 Å². The zero-order valence-electron chi connectivity index (χ0n) is 82.0. The Kier molecular flexibility index (Phi) is 67.5. The van der Waals surface area contributed by atoms with E-state index >= 15 is 0 Å². The Morgan fingerprint density at radius 3 is 0.325 bits per heavy atom. The molecular formula is C114H210S6. The molecular weight excluding hydrogens is 1560 g/mol. The first-order valence-electron chi connectivity index (χ1n) is 56.4. The first kappa shape index (κ1) is 108. The van der Waals surface area contributed by atoms with E-state index in [9.17, 15) is 0 Å². The molecule has 6 aliphatic carbocycles. The van der Waals surface area contributed by atoms with Crippen LogP contribution >= 0.6 is 70.6 Å². The minimum Gasteiger partial charge on any atom is -0.123 e. The van der Waals surface area contributed by atoms with Gasteiger partial charge >= 0.3 is 0 Å². The lowest BCUT2D eigenvalue weighted by atomic mass is 9.80. The van der Waals surface area contributed by atoms with E-state index in [-0.39, 0.29) is 0 Å². The second-order valence-electron chi connectivity index (χ2n) is 42.9. The number of hydrogen-bond donors (Lipinski definition) is 0. The monoisotopic (exact) mass is 1770 g/mol. The molecule has 1 aromatic rings. The van der Waals surface area contributed by atoms with Crippen molar-refractivity contribution in [3.8, 4) is 0 Å². The van der Waals surface area contributed by atoms with Gasteiger partial charge in [-0.3, -0.25) is 0 Å². The van der Waals surface area contributed by atoms with Crippen LogP contribution in [0.5, 0.6) is 0 Å². The van der Waals surface area contributed by atoms with E-state index in [4.69, 9.17) is 0 Å². The normalized spacial score (nSPS) is 23.9. The summed E-state index contributed by atoms with van der Waals surface area (Å²) in [5.41, 5.74) is 0. The second-order valence-corrected chi connectivity index (χ2v) is 49.0. The molecule has 0 bridgehead atoms. The fourth-order valence-electron chi connectivity index (χ4n) is 23.2. The molecule has 120 heavy (non-hydrogen) atoms. The highest BCUT2D eigenvalue weighted by atomic mass is 32.2. The van der Waals surface area contributed by atoms with Gasteiger partial charge in [-0.25, -0.2) is 0 Å². The molecule has 6 heteroatoms. The molecule has 7 rings (SSSR count). The molecule has 0 aromatic heterocycles. The molecule has 0 N–H and O–H groups in total. The zero-order chi connectivity index (χ0) is 84.3. The predicted octanol–water partition coefficient (Wildman–Crippen LogP) is 42.6. The van der Waals surface area contributed by atoms with Gasteiger partial charge < -0.3 is 0 Å². The summed E-state index contributed by atoms with van der Waals surface area (Å²) < 4.78 is 0. The molecule has 0 amide bonds. The Morgan fingerprint density at radius 1 is 0.125 bits per heavy atom. The van der Waals surface area contributed by atoms with Crippen LogP contribution in [0.25, 0.3) is 0 Å². The number of unbranched alkanes of at least 4 members (excludes halogenated alkanes) is 48. The van der Waals surface area contributed by atoms with Crippen LogP contribution in [0, 0.1) is 71.0 Å². The smallest absolute Gasteiger partial charge is 0.0368 e. The third-order valence-electron chi connectivity index (χ3n) is 32.1. The summed E-state index contributed by atoms with van der Waals surface area (Å²) in [7, 11) is 0.